The van der Waals surface area contributed by atoms with Crippen LogP contribution in [0, 0.1) is 5.92 Å². The van der Waals surface area contributed by atoms with Crippen molar-refractivity contribution in [2.75, 3.05) is 48.4 Å². The van der Waals surface area contributed by atoms with Gasteiger partial charge in [-0.1, -0.05) is 26.0 Å². The lowest BCUT2D eigenvalue weighted by Crippen LogP contribution is -2.36. The van der Waals surface area contributed by atoms with Gasteiger partial charge < -0.3 is 20.3 Å². The zero-order chi connectivity index (χ0) is 16.8. The molecular weight excluding hydrogens is 304 g/mol. The zero-order valence-electron chi connectivity index (χ0n) is 14.2. The molecule has 1 aliphatic heterocycles. The maximum absolute atomic E-state index is 5.44. The van der Waals surface area contributed by atoms with E-state index in [1.54, 1.807) is 6.20 Å². The molecule has 0 bridgehead atoms. The van der Waals surface area contributed by atoms with Crippen LogP contribution in [0.4, 0.5) is 23.1 Å². The van der Waals surface area contributed by atoms with Crippen molar-refractivity contribution in [3.63, 3.8) is 0 Å². The summed E-state index contributed by atoms with van der Waals surface area (Å²) < 4.78 is 5.44. The van der Waals surface area contributed by atoms with Crippen LogP contribution in [0.2, 0.25) is 0 Å². The van der Waals surface area contributed by atoms with Crippen LogP contribution in [0.1, 0.15) is 13.8 Å². The summed E-state index contributed by atoms with van der Waals surface area (Å²) in [7, 11) is 0. The Kier molecular flexibility index (Phi) is 5.43. The Bertz CT molecular complexity index is 657. The Morgan fingerprint density at radius 3 is 2.79 bits per heavy atom. The zero-order valence-corrected chi connectivity index (χ0v) is 14.2. The predicted octanol–water partition coefficient (Wildman–Crippen LogP) is 2.52. The molecule has 1 fully saturated rings. The molecule has 3 rings (SSSR count). The number of morpholine rings is 1. The number of hydrogen-bond acceptors (Lipinski definition) is 7. The third-order valence-corrected chi connectivity index (χ3v) is 3.75. The van der Waals surface area contributed by atoms with E-state index >= 15 is 0 Å². The Morgan fingerprint density at radius 2 is 2.00 bits per heavy atom. The Morgan fingerprint density at radius 1 is 1.21 bits per heavy atom. The lowest BCUT2D eigenvalue weighted by molar-refractivity contribution is 0.123. The second kappa shape index (κ2) is 7.92. The molecule has 2 heterocycles. The number of ether oxygens (including phenoxy) is 1. The lowest BCUT2D eigenvalue weighted by Gasteiger charge is -2.30. The molecule has 2 aromatic rings. The van der Waals surface area contributed by atoms with E-state index in [9.17, 15) is 0 Å². The molecule has 0 amide bonds. The molecule has 1 aromatic carbocycles. The number of nitrogens with one attached hydrogen (secondary N) is 2. The highest BCUT2D eigenvalue weighted by atomic mass is 16.5. The van der Waals surface area contributed by atoms with Crippen LogP contribution in [0.5, 0.6) is 0 Å². The van der Waals surface area contributed by atoms with Crippen LogP contribution >= 0.6 is 0 Å². The summed E-state index contributed by atoms with van der Waals surface area (Å²) in [5.41, 5.74) is 2.10. The van der Waals surface area contributed by atoms with Gasteiger partial charge in [0.05, 0.1) is 30.8 Å². The molecule has 0 saturated carbocycles. The molecule has 0 radical (unpaired) electrons. The highest BCUT2D eigenvalue weighted by molar-refractivity contribution is 5.73. The number of hydrogen-bond donors (Lipinski definition) is 2. The fourth-order valence-corrected chi connectivity index (χ4v) is 2.53. The van der Waals surface area contributed by atoms with Crippen molar-refractivity contribution < 1.29 is 4.74 Å². The van der Waals surface area contributed by atoms with Crippen molar-refractivity contribution in [3.05, 3.63) is 30.5 Å². The van der Waals surface area contributed by atoms with Crippen molar-refractivity contribution in [2.45, 2.75) is 13.8 Å². The number of nitrogens with zero attached hydrogens (tertiary/aromatic N) is 4. The summed E-state index contributed by atoms with van der Waals surface area (Å²) in [6.07, 6.45) is 1.64. The first-order valence-electron chi connectivity index (χ1n) is 8.34. The van der Waals surface area contributed by atoms with Gasteiger partial charge in [-0.3, -0.25) is 0 Å². The van der Waals surface area contributed by atoms with E-state index < -0.39 is 0 Å². The first-order chi connectivity index (χ1) is 11.7. The number of aromatic nitrogens is 3. The predicted molar refractivity (Wildman–Crippen MR) is 95.9 cm³/mol. The van der Waals surface area contributed by atoms with Crippen LogP contribution < -0.4 is 15.5 Å². The van der Waals surface area contributed by atoms with Crippen LogP contribution in [-0.4, -0.2) is 48.0 Å². The molecule has 0 unspecified atom stereocenters. The molecule has 0 atom stereocenters. The number of para-hydroxylation sites is 2. The smallest absolute Gasteiger partial charge is 0.249 e. The van der Waals surface area contributed by atoms with E-state index in [4.69, 9.17) is 4.74 Å². The average molecular weight is 328 g/mol. The minimum atomic E-state index is 0.490. The molecular formula is C17H24N6O. The molecule has 2 N–H and O–H groups in total. The van der Waals surface area contributed by atoms with Crippen molar-refractivity contribution in [1.82, 2.24) is 15.2 Å². The van der Waals surface area contributed by atoms with E-state index in [1.165, 1.54) is 0 Å². The van der Waals surface area contributed by atoms with Crippen molar-refractivity contribution >= 4 is 23.1 Å². The maximum atomic E-state index is 5.44. The molecule has 24 heavy (non-hydrogen) atoms. The largest absolute Gasteiger partial charge is 0.378 e. The van der Waals surface area contributed by atoms with E-state index in [1.807, 2.05) is 18.2 Å². The fourth-order valence-electron chi connectivity index (χ4n) is 2.53. The Balaban J connectivity index is 1.75. The van der Waals surface area contributed by atoms with Gasteiger partial charge in [0.25, 0.3) is 0 Å². The molecule has 7 nitrogen and oxygen atoms in total. The van der Waals surface area contributed by atoms with Gasteiger partial charge in [-0.05, 0) is 18.1 Å². The van der Waals surface area contributed by atoms with Crippen molar-refractivity contribution in [2.24, 2.45) is 5.92 Å². The van der Waals surface area contributed by atoms with E-state index in [0.29, 0.717) is 11.9 Å². The van der Waals surface area contributed by atoms with Gasteiger partial charge in [0.1, 0.15) is 0 Å². The summed E-state index contributed by atoms with van der Waals surface area (Å²) in [5, 5.41) is 14.7. The first-order valence-corrected chi connectivity index (χ1v) is 8.34. The number of benzene rings is 1. The van der Waals surface area contributed by atoms with Gasteiger partial charge in [0.2, 0.25) is 5.95 Å². The topological polar surface area (TPSA) is 75.2 Å². The van der Waals surface area contributed by atoms with Crippen LogP contribution in [0.3, 0.4) is 0 Å². The molecule has 0 aliphatic carbocycles. The second-order valence-corrected chi connectivity index (χ2v) is 6.18. The molecule has 1 aliphatic rings. The molecule has 7 heteroatoms. The van der Waals surface area contributed by atoms with Gasteiger partial charge in [-0.25, -0.2) is 0 Å². The van der Waals surface area contributed by atoms with Crippen LogP contribution in [0.15, 0.2) is 30.5 Å². The van der Waals surface area contributed by atoms with Crippen molar-refractivity contribution in [3.8, 4) is 0 Å². The third-order valence-electron chi connectivity index (χ3n) is 3.75. The quantitative estimate of drug-likeness (QED) is 0.844. The minimum absolute atomic E-state index is 0.490. The Hall–Kier alpha value is -2.41. The highest BCUT2D eigenvalue weighted by Gasteiger charge is 2.15. The summed E-state index contributed by atoms with van der Waals surface area (Å²) >= 11 is 0. The second-order valence-electron chi connectivity index (χ2n) is 6.18. The Labute approximate surface area is 142 Å². The van der Waals surface area contributed by atoms with E-state index in [-0.39, 0.29) is 0 Å². The van der Waals surface area contributed by atoms with Crippen LogP contribution in [-0.2, 0) is 4.74 Å². The highest BCUT2D eigenvalue weighted by Crippen LogP contribution is 2.28. The number of anilines is 4. The summed E-state index contributed by atoms with van der Waals surface area (Å²) in [5.74, 6) is 1.76. The molecule has 0 spiro atoms. The number of rotatable bonds is 6. The molecule has 1 aromatic heterocycles. The fraction of sp³-hybridized carbons (Fsp3) is 0.471. The van der Waals surface area contributed by atoms with Gasteiger partial charge in [-0.2, -0.15) is 10.1 Å². The normalized spacial score (nSPS) is 14.7. The maximum Gasteiger partial charge on any atom is 0.249 e. The van der Waals surface area contributed by atoms with E-state index in [2.05, 4.69) is 50.6 Å². The SMILES string of the molecule is CC(C)CNc1cnnc(Nc2ccccc2N2CCOCC2)n1. The third kappa shape index (κ3) is 4.32. The summed E-state index contributed by atoms with van der Waals surface area (Å²) in [4.78, 5) is 6.79. The van der Waals surface area contributed by atoms with Crippen molar-refractivity contribution in [1.29, 1.82) is 0 Å². The lowest BCUT2D eigenvalue weighted by atomic mass is 10.2. The summed E-state index contributed by atoms with van der Waals surface area (Å²) in [6, 6.07) is 8.17. The minimum Gasteiger partial charge on any atom is -0.378 e. The van der Waals surface area contributed by atoms with Gasteiger partial charge in [0, 0.05) is 19.6 Å². The van der Waals surface area contributed by atoms with E-state index in [0.717, 1.165) is 50.0 Å². The monoisotopic (exact) mass is 328 g/mol. The summed E-state index contributed by atoms with van der Waals surface area (Å²) in [6.45, 7) is 8.42. The first kappa shape index (κ1) is 16.4. The van der Waals surface area contributed by atoms with Gasteiger partial charge in [-0.15, -0.1) is 5.10 Å². The van der Waals surface area contributed by atoms with Gasteiger partial charge in [0.15, 0.2) is 5.82 Å². The van der Waals surface area contributed by atoms with Crippen LogP contribution in [0.25, 0.3) is 0 Å². The average Bonchev–Trinajstić information content (AvgIpc) is 2.62. The molecule has 1 saturated heterocycles. The van der Waals surface area contributed by atoms with Gasteiger partial charge >= 0.3 is 0 Å². The molecule has 128 valence electrons. The standard InChI is InChI=1S/C17H24N6O/c1-13(2)11-18-16-12-19-22-17(21-16)20-14-5-3-4-6-15(14)23-7-9-24-10-8-23/h3-6,12-13H,7-11H2,1-2H3,(H2,18,20,21,22).